The molecule has 1 aromatic rings. The highest BCUT2D eigenvalue weighted by atomic mass is 16.5. The van der Waals surface area contributed by atoms with E-state index in [1.807, 2.05) is 23.1 Å². The molecule has 0 aliphatic carbocycles. The van der Waals surface area contributed by atoms with Crippen molar-refractivity contribution < 1.29 is 14.6 Å². The molecule has 2 rings (SSSR count). The van der Waals surface area contributed by atoms with E-state index in [1.165, 1.54) is 0 Å². The number of methoxy groups -OCH3 is 1. The topological polar surface area (TPSA) is 49.8 Å². The summed E-state index contributed by atoms with van der Waals surface area (Å²) in [5, 5.41) is 8.80. The van der Waals surface area contributed by atoms with Gasteiger partial charge in [0.25, 0.3) is 5.91 Å². The fourth-order valence-corrected chi connectivity index (χ4v) is 2.62. The zero-order valence-corrected chi connectivity index (χ0v) is 12.3. The molecule has 0 bridgehead atoms. The molecule has 0 radical (unpaired) electrons. The van der Waals surface area contributed by atoms with Crippen LogP contribution in [-0.4, -0.2) is 49.3 Å². The van der Waals surface area contributed by atoms with Gasteiger partial charge in [0.05, 0.1) is 5.56 Å². The number of likely N-dealkylation sites (tertiary alicyclic amines) is 1. The Bertz CT molecular complexity index is 536. The summed E-state index contributed by atoms with van der Waals surface area (Å²) in [6.07, 6.45) is 1.95. The molecule has 21 heavy (non-hydrogen) atoms. The van der Waals surface area contributed by atoms with Crippen LogP contribution in [0.2, 0.25) is 0 Å². The maximum atomic E-state index is 12.6. The average Bonchev–Trinajstić information content (AvgIpc) is 2.53. The molecule has 4 nitrogen and oxygen atoms in total. The van der Waals surface area contributed by atoms with Crippen molar-refractivity contribution in [2.75, 3.05) is 33.4 Å². The first kappa shape index (κ1) is 15.6. The molecular formula is C17H21NO3. The van der Waals surface area contributed by atoms with E-state index >= 15 is 0 Å². The Labute approximate surface area is 125 Å². The van der Waals surface area contributed by atoms with Gasteiger partial charge < -0.3 is 14.7 Å². The van der Waals surface area contributed by atoms with Crippen LogP contribution in [0.1, 0.15) is 28.8 Å². The molecule has 1 aliphatic rings. The minimum absolute atomic E-state index is 0.0220. The van der Waals surface area contributed by atoms with E-state index in [9.17, 15) is 4.79 Å². The fourth-order valence-electron chi connectivity index (χ4n) is 2.62. The first-order chi connectivity index (χ1) is 10.3. The Hall–Kier alpha value is -1.83. The molecule has 112 valence electrons. The number of hydrogen-bond donors (Lipinski definition) is 1. The molecule has 0 spiro atoms. The van der Waals surface area contributed by atoms with Gasteiger partial charge in [-0.1, -0.05) is 24.0 Å². The van der Waals surface area contributed by atoms with Crippen molar-refractivity contribution in [3.05, 3.63) is 35.4 Å². The number of hydrogen-bond acceptors (Lipinski definition) is 3. The monoisotopic (exact) mass is 287 g/mol. The van der Waals surface area contributed by atoms with Crippen LogP contribution in [0, 0.1) is 17.8 Å². The molecule has 1 aliphatic heterocycles. The third-order valence-corrected chi connectivity index (χ3v) is 3.76. The van der Waals surface area contributed by atoms with Crippen molar-refractivity contribution in [1.29, 1.82) is 0 Å². The normalized spacial score (nSPS) is 15.4. The van der Waals surface area contributed by atoms with E-state index in [2.05, 4.69) is 11.8 Å². The first-order valence-corrected chi connectivity index (χ1v) is 7.23. The van der Waals surface area contributed by atoms with Gasteiger partial charge in [0.2, 0.25) is 0 Å². The van der Waals surface area contributed by atoms with Crippen molar-refractivity contribution in [2.45, 2.75) is 12.8 Å². The van der Waals surface area contributed by atoms with Crippen LogP contribution in [0.15, 0.2) is 24.3 Å². The Morgan fingerprint density at radius 2 is 2.10 bits per heavy atom. The number of ether oxygens (including phenoxy) is 1. The molecule has 1 amide bonds. The summed E-state index contributed by atoms with van der Waals surface area (Å²) in [7, 11) is 1.72. The lowest BCUT2D eigenvalue weighted by molar-refractivity contribution is 0.0613. The molecule has 0 saturated carbocycles. The Morgan fingerprint density at radius 3 is 2.76 bits per heavy atom. The van der Waals surface area contributed by atoms with Gasteiger partial charge in [0.1, 0.15) is 6.61 Å². The Balaban J connectivity index is 2.07. The lowest BCUT2D eigenvalue weighted by Gasteiger charge is -2.32. The van der Waals surface area contributed by atoms with Crippen LogP contribution in [-0.2, 0) is 4.74 Å². The Morgan fingerprint density at radius 1 is 1.38 bits per heavy atom. The van der Waals surface area contributed by atoms with E-state index in [0.717, 1.165) is 32.5 Å². The second kappa shape index (κ2) is 7.82. The predicted octanol–water partition coefficient (Wildman–Crippen LogP) is 1.53. The van der Waals surface area contributed by atoms with E-state index in [4.69, 9.17) is 9.84 Å². The molecule has 1 aromatic carbocycles. The summed E-state index contributed by atoms with van der Waals surface area (Å²) in [5.41, 5.74) is 1.29. The predicted molar refractivity (Wildman–Crippen MR) is 80.9 cm³/mol. The number of nitrogens with zero attached hydrogens (tertiary/aromatic N) is 1. The number of aliphatic hydroxyl groups is 1. The van der Waals surface area contributed by atoms with Gasteiger partial charge in [0, 0.05) is 32.4 Å². The van der Waals surface area contributed by atoms with Crippen LogP contribution in [0.5, 0.6) is 0 Å². The van der Waals surface area contributed by atoms with Gasteiger partial charge in [-0.3, -0.25) is 4.79 Å². The minimum Gasteiger partial charge on any atom is -0.384 e. The van der Waals surface area contributed by atoms with Gasteiger partial charge in [-0.2, -0.15) is 0 Å². The zero-order chi connectivity index (χ0) is 15.1. The van der Waals surface area contributed by atoms with E-state index in [0.29, 0.717) is 17.0 Å². The smallest absolute Gasteiger partial charge is 0.255 e. The average molecular weight is 287 g/mol. The van der Waals surface area contributed by atoms with Crippen LogP contribution >= 0.6 is 0 Å². The highest BCUT2D eigenvalue weighted by molar-refractivity contribution is 5.96. The molecule has 0 aromatic heterocycles. The first-order valence-electron chi connectivity index (χ1n) is 7.23. The van der Waals surface area contributed by atoms with Crippen LogP contribution < -0.4 is 0 Å². The maximum Gasteiger partial charge on any atom is 0.255 e. The molecule has 1 N–H and O–H groups in total. The van der Waals surface area contributed by atoms with Crippen molar-refractivity contribution in [3.63, 3.8) is 0 Å². The van der Waals surface area contributed by atoms with Gasteiger partial charge >= 0.3 is 0 Å². The Kier molecular flexibility index (Phi) is 5.79. The quantitative estimate of drug-likeness (QED) is 0.858. The second-order valence-corrected chi connectivity index (χ2v) is 5.20. The van der Waals surface area contributed by atoms with Crippen molar-refractivity contribution >= 4 is 5.91 Å². The summed E-state index contributed by atoms with van der Waals surface area (Å²) in [6, 6.07) is 7.30. The number of piperidine rings is 1. The number of aliphatic hydroxyl groups excluding tert-OH is 1. The van der Waals surface area contributed by atoms with Crippen molar-refractivity contribution in [2.24, 2.45) is 5.92 Å². The minimum atomic E-state index is -0.203. The lowest BCUT2D eigenvalue weighted by Crippen LogP contribution is -2.39. The highest BCUT2D eigenvalue weighted by Gasteiger charge is 2.24. The summed E-state index contributed by atoms with van der Waals surface area (Å²) in [5.74, 6) is 6.02. The van der Waals surface area contributed by atoms with E-state index < -0.39 is 0 Å². The maximum absolute atomic E-state index is 12.6. The van der Waals surface area contributed by atoms with Crippen LogP contribution in [0.3, 0.4) is 0 Å². The molecule has 0 atom stereocenters. The molecular weight excluding hydrogens is 266 g/mol. The van der Waals surface area contributed by atoms with Gasteiger partial charge in [-0.25, -0.2) is 0 Å². The van der Waals surface area contributed by atoms with E-state index in [1.54, 1.807) is 13.2 Å². The van der Waals surface area contributed by atoms with Gasteiger partial charge in [0.15, 0.2) is 0 Å². The van der Waals surface area contributed by atoms with Crippen LogP contribution in [0.25, 0.3) is 0 Å². The highest BCUT2D eigenvalue weighted by Crippen LogP contribution is 2.20. The van der Waals surface area contributed by atoms with Crippen LogP contribution in [0.4, 0.5) is 0 Å². The van der Waals surface area contributed by atoms with Gasteiger partial charge in [-0.15, -0.1) is 0 Å². The van der Waals surface area contributed by atoms with Crippen molar-refractivity contribution in [1.82, 2.24) is 4.90 Å². The summed E-state index contributed by atoms with van der Waals surface area (Å²) in [4.78, 5) is 14.5. The number of carbonyl (C=O) groups excluding carboxylic acids is 1. The zero-order valence-electron chi connectivity index (χ0n) is 12.3. The molecule has 0 unspecified atom stereocenters. The molecule has 1 heterocycles. The number of carbonyl (C=O) groups is 1. The summed E-state index contributed by atoms with van der Waals surface area (Å²) >= 11 is 0. The molecule has 1 saturated heterocycles. The summed E-state index contributed by atoms with van der Waals surface area (Å²) in [6.45, 7) is 2.08. The van der Waals surface area contributed by atoms with E-state index in [-0.39, 0.29) is 12.5 Å². The largest absolute Gasteiger partial charge is 0.384 e. The second-order valence-electron chi connectivity index (χ2n) is 5.20. The third-order valence-electron chi connectivity index (χ3n) is 3.76. The van der Waals surface area contributed by atoms with Crippen molar-refractivity contribution in [3.8, 4) is 11.8 Å². The number of benzene rings is 1. The van der Waals surface area contributed by atoms with Gasteiger partial charge in [-0.05, 0) is 30.9 Å². The fraction of sp³-hybridized carbons (Fsp3) is 0.471. The standard InChI is InChI=1S/C17H21NO3/c1-21-13-14-8-10-18(11-9-14)17(20)16-7-3-2-5-15(16)6-4-12-19/h2-3,5,7,14,19H,8-13H2,1H3. The summed E-state index contributed by atoms with van der Waals surface area (Å²) < 4.78 is 5.18. The third kappa shape index (κ3) is 4.07. The number of rotatable bonds is 3. The molecule has 1 fully saturated rings. The molecule has 4 heteroatoms. The number of amides is 1. The SMILES string of the molecule is COCC1CCN(C(=O)c2ccccc2C#CCO)CC1. The lowest BCUT2D eigenvalue weighted by atomic mass is 9.96.